The Morgan fingerprint density at radius 3 is 3.08 bits per heavy atom. The van der Waals surface area contributed by atoms with Gasteiger partial charge in [-0.05, 0) is 55.3 Å². The highest BCUT2D eigenvalue weighted by molar-refractivity contribution is 7.10. The van der Waals surface area contributed by atoms with Crippen molar-refractivity contribution in [2.24, 2.45) is 0 Å². The number of piperidine rings is 1. The number of thiophene rings is 1. The van der Waals surface area contributed by atoms with Crippen molar-refractivity contribution in [3.05, 3.63) is 39.8 Å². The molecule has 0 saturated carbocycles. The number of aromatic nitrogens is 2. The minimum atomic E-state index is 0. The van der Waals surface area contributed by atoms with Crippen LogP contribution in [0.25, 0.3) is 0 Å². The Kier molecular flexibility index (Phi) is 5.81. The first-order valence-electron chi connectivity index (χ1n) is 8.91. The highest BCUT2D eigenvalue weighted by Crippen LogP contribution is 2.35. The van der Waals surface area contributed by atoms with Gasteiger partial charge < -0.3 is 10.2 Å². The summed E-state index contributed by atoms with van der Waals surface area (Å²) in [6.45, 7) is 4.97. The summed E-state index contributed by atoms with van der Waals surface area (Å²) in [6, 6.07) is 4.62. The van der Waals surface area contributed by atoms with Gasteiger partial charge in [-0.2, -0.15) is 5.10 Å². The van der Waals surface area contributed by atoms with Gasteiger partial charge in [0, 0.05) is 24.2 Å². The van der Waals surface area contributed by atoms with E-state index in [9.17, 15) is 4.79 Å². The fourth-order valence-electron chi connectivity index (χ4n) is 3.94. The topological polar surface area (TPSA) is 50.2 Å². The van der Waals surface area contributed by atoms with Gasteiger partial charge in [-0.1, -0.05) is 6.92 Å². The molecule has 0 aliphatic carbocycles. The summed E-state index contributed by atoms with van der Waals surface area (Å²) >= 11 is 1.81. The van der Waals surface area contributed by atoms with Crippen molar-refractivity contribution in [2.45, 2.75) is 44.7 Å². The van der Waals surface area contributed by atoms with Gasteiger partial charge in [-0.15, -0.1) is 23.7 Å². The number of amides is 1. The predicted octanol–water partition coefficient (Wildman–Crippen LogP) is 3.44. The molecule has 136 valence electrons. The van der Waals surface area contributed by atoms with E-state index in [1.807, 2.05) is 33.2 Å². The minimum Gasteiger partial charge on any atom is -0.330 e. The van der Waals surface area contributed by atoms with Gasteiger partial charge >= 0.3 is 0 Å². The first kappa shape index (κ1) is 18.4. The fourth-order valence-corrected chi connectivity index (χ4v) is 4.87. The minimum absolute atomic E-state index is 0. The van der Waals surface area contributed by atoms with Crippen LogP contribution in [-0.4, -0.2) is 40.2 Å². The number of nitrogens with one attached hydrogen (secondary N) is 1. The molecule has 5 nitrogen and oxygen atoms in total. The maximum atomic E-state index is 13.0. The lowest BCUT2D eigenvalue weighted by Crippen LogP contribution is -2.39. The van der Waals surface area contributed by atoms with Crippen LogP contribution in [-0.2, 0) is 6.42 Å². The predicted molar refractivity (Wildman–Crippen MR) is 103 cm³/mol. The Morgan fingerprint density at radius 2 is 2.32 bits per heavy atom. The van der Waals surface area contributed by atoms with Gasteiger partial charge in [-0.25, -0.2) is 0 Å². The van der Waals surface area contributed by atoms with E-state index in [4.69, 9.17) is 0 Å². The van der Waals surface area contributed by atoms with Crippen LogP contribution < -0.4 is 5.32 Å². The average molecular weight is 381 g/mol. The third kappa shape index (κ3) is 3.48. The molecule has 2 atom stereocenters. The van der Waals surface area contributed by atoms with Crippen LogP contribution in [0.15, 0.2) is 23.7 Å². The molecule has 7 heteroatoms. The monoisotopic (exact) mass is 380 g/mol. The third-order valence-electron chi connectivity index (χ3n) is 5.21. The van der Waals surface area contributed by atoms with Crippen molar-refractivity contribution in [3.63, 3.8) is 0 Å². The Morgan fingerprint density at radius 1 is 1.44 bits per heavy atom. The first-order valence-corrected chi connectivity index (χ1v) is 9.79. The van der Waals surface area contributed by atoms with Crippen molar-refractivity contribution in [1.82, 2.24) is 20.0 Å². The summed E-state index contributed by atoms with van der Waals surface area (Å²) < 4.78 is 1.97. The molecule has 1 fully saturated rings. The molecule has 4 heterocycles. The van der Waals surface area contributed by atoms with Crippen LogP contribution in [0.5, 0.6) is 0 Å². The number of fused-ring (bicyclic) bond motifs is 1. The zero-order chi connectivity index (χ0) is 16.5. The van der Waals surface area contributed by atoms with Gasteiger partial charge in [0.05, 0.1) is 12.1 Å². The Labute approximate surface area is 158 Å². The van der Waals surface area contributed by atoms with Crippen LogP contribution in [0.2, 0.25) is 0 Å². The van der Waals surface area contributed by atoms with Gasteiger partial charge in [-0.3, -0.25) is 9.48 Å². The van der Waals surface area contributed by atoms with Gasteiger partial charge in [0.25, 0.3) is 5.91 Å². The highest BCUT2D eigenvalue weighted by atomic mass is 35.5. The number of rotatable bonds is 3. The molecule has 2 unspecified atom stereocenters. The summed E-state index contributed by atoms with van der Waals surface area (Å²) in [4.78, 5) is 16.5. The standard InChI is InChI=1S/C18H24N4OS.ClH/c1-2-16-14-7-11-24-17(14)6-9-21(16)18(23)15-5-10-22(20-15)13-4-3-8-19-12-13;/h5,7,10-11,13,16,19H,2-4,6,8-9,12H2,1H3;1H. The molecule has 1 amide bonds. The maximum Gasteiger partial charge on any atom is 0.274 e. The van der Waals surface area contributed by atoms with Crippen molar-refractivity contribution < 1.29 is 4.79 Å². The molecule has 1 saturated heterocycles. The number of hydrogen-bond donors (Lipinski definition) is 1. The lowest BCUT2D eigenvalue weighted by atomic mass is 9.97. The van der Waals surface area contributed by atoms with E-state index in [0.29, 0.717) is 11.7 Å². The van der Waals surface area contributed by atoms with Crippen molar-refractivity contribution in [1.29, 1.82) is 0 Å². The van der Waals surface area contributed by atoms with E-state index in [0.717, 1.165) is 38.9 Å². The zero-order valence-corrected chi connectivity index (χ0v) is 16.1. The number of halogens is 1. The third-order valence-corrected chi connectivity index (χ3v) is 6.21. The molecule has 0 radical (unpaired) electrons. The average Bonchev–Trinajstić information content (AvgIpc) is 3.30. The molecule has 2 aromatic rings. The maximum absolute atomic E-state index is 13.0. The van der Waals surface area contributed by atoms with Crippen LogP contribution in [0, 0.1) is 0 Å². The molecular formula is C18H25ClN4OS. The lowest BCUT2D eigenvalue weighted by molar-refractivity contribution is 0.0650. The molecule has 0 spiro atoms. The van der Waals surface area contributed by atoms with E-state index in [2.05, 4.69) is 28.8 Å². The van der Waals surface area contributed by atoms with Crippen LogP contribution in [0.4, 0.5) is 0 Å². The van der Waals surface area contributed by atoms with E-state index >= 15 is 0 Å². The molecule has 0 aromatic carbocycles. The van der Waals surface area contributed by atoms with Crippen LogP contribution in [0.3, 0.4) is 0 Å². The van der Waals surface area contributed by atoms with Crippen molar-refractivity contribution >= 4 is 29.7 Å². The molecule has 2 aliphatic heterocycles. The SMILES string of the molecule is CCC1c2ccsc2CCN1C(=O)c1ccn(C2CCCNC2)n1.Cl. The number of hydrogen-bond acceptors (Lipinski definition) is 4. The van der Waals surface area contributed by atoms with Crippen LogP contribution in [0.1, 0.15) is 59.2 Å². The molecule has 25 heavy (non-hydrogen) atoms. The molecule has 2 aromatic heterocycles. The number of nitrogens with zero attached hydrogens (tertiary/aromatic N) is 3. The van der Waals surface area contributed by atoms with E-state index in [-0.39, 0.29) is 24.4 Å². The number of carbonyl (C=O) groups excluding carboxylic acids is 1. The number of carbonyl (C=O) groups is 1. The molecule has 1 N–H and O–H groups in total. The van der Waals surface area contributed by atoms with E-state index < -0.39 is 0 Å². The highest BCUT2D eigenvalue weighted by Gasteiger charge is 2.32. The largest absolute Gasteiger partial charge is 0.330 e. The second-order valence-electron chi connectivity index (χ2n) is 6.65. The summed E-state index contributed by atoms with van der Waals surface area (Å²) in [7, 11) is 0. The summed E-state index contributed by atoms with van der Waals surface area (Å²) in [5, 5.41) is 10.2. The smallest absolute Gasteiger partial charge is 0.274 e. The van der Waals surface area contributed by atoms with Gasteiger partial charge in [0.1, 0.15) is 5.69 Å². The fraction of sp³-hybridized carbons (Fsp3) is 0.556. The Bertz CT molecular complexity index is 722. The Hall–Kier alpha value is -1.37. The summed E-state index contributed by atoms with van der Waals surface area (Å²) in [5.41, 5.74) is 1.91. The molecular weight excluding hydrogens is 356 g/mol. The molecule has 0 bridgehead atoms. The second-order valence-corrected chi connectivity index (χ2v) is 7.65. The zero-order valence-electron chi connectivity index (χ0n) is 14.5. The molecule has 4 rings (SSSR count). The summed E-state index contributed by atoms with van der Waals surface area (Å²) in [6.07, 6.45) is 6.16. The van der Waals surface area contributed by atoms with Crippen molar-refractivity contribution in [2.75, 3.05) is 19.6 Å². The van der Waals surface area contributed by atoms with Gasteiger partial charge in [0.15, 0.2) is 0 Å². The lowest BCUT2D eigenvalue weighted by Gasteiger charge is -2.35. The molecule has 2 aliphatic rings. The van der Waals surface area contributed by atoms with Gasteiger partial charge in [0.2, 0.25) is 0 Å². The van der Waals surface area contributed by atoms with Crippen LogP contribution >= 0.6 is 23.7 Å². The first-order chi connectivity index (χ1) is 11.8. The van der Waals surface area contributed by atoms with E-state index in [1.54, 1.807) is 0 Å². The second kappa shape index (κ2) is 7.89. The quantitative estimate of drug-likeness (QED) is 0.887. The summed E-state index contributed by atoms with van der Waals surface area (Å²) in [5.74, 6) is 0.0706. The van der Waals surface area contributed by atoms with Crippen molar-refractivity contribution in [3.8, 4) is 0 Å². The van der Waals surface area contributed by atoms with E-state index in [1.165, 1.54) is 16.9 Å². The normalized spacial score (nSPS) is 23.0. The Balaban J connectivity index is 0.00000182.